The molecule has 0 heterocycles. The number of anilines is 1. The Hall–Kier alpha value is -2.79. The molecular weight excluding hydrogens is 477 g/mol. The van der Waals surface area contributed by atoms with Crippen LogP contribution in [0.15, 0.2) is 28.7 Å². The zero-order chi connectivity index (χ0) is 23.9. The Morgan fingerprint density at radius 1 is 1.24 bits per heavy atom. The van der Waals surface area contributed by atoms with E-state index in [1.54, 1.807) is 14.1 Å². The van der Waals surface area contributed by atoms with E-state index in [1.807, 2.05) is 0 Å². The third kappa shape index (κ3) is 3.12. The standard InChI is InChI=1S/C21H22ClN3O7.ClH/c1-25(2)14-8-4-6-3-7-5-9(22)13(23)16(27)10(7)15(26)11(6)18(29)21(8,32)19(30)12(17(14)28)20(24)31;/h5-6,8,14,27-29,32H,3-4,23H2,1-2H3,(H2,24,31);1H/t6?,8?,14-,21-;/m0./s1. The van der Waals surface area contributed by atoms with Crippen LogP contribution in [0.4, 0.5) is 5.69 Å². The van der Waals surface area contributed by atoms with Gasteiger partial charge in [-0.15, -0.1) is 12.4 Å². The number of aliphatic hydroxyl groups excluding tert-OH is 2. The predicted octanol–water partition coefficient (Wildman–Crippen LogP) is 0.778. The molecule has 0 fully saturated rings. The molecule has 0 radical (unpaired) electrons. The molecular formula is C21H23Cl2N3O7. The van der Waals surface area contributed by atoms with Crippen molar-refractivity contribution in [1.82, 2.24) is 4.90 Å². The number of halogens is 2. The van der Waals surface area contributed by atoms with Gasteiger partial charge in [0.05, 0.1) is 22.3 Å². The number of carbonyl (C=O) groups excluding carboxylic acids is 3. The molecule has 3 aliphatic rings. The Labute approximate surface area is 199 Å². The molecule has 4 rings (SSSR count). The summed E-state index contributed by atoms with van der Waals surface area (Å²) in [6.45, 7) is 0. The number of nitrogen functional groups attached to an aromatic ring is 1. The second-order valence-corrected chi connectivity index (χ2v) is 9.03. The van der Waals surface area contributed by atoms with Crippen LogP contribution < -0.4 is 11.5 Å². The Morgan fingerprint density at radius 2 is 1.85 bits per heavy atom. The lowest BCUT2D eigenvalue weighted by Crippen LogP contribution is -2.63. The van der Waals surface area contributed by atoms with Gasteiger partial charge in [-0.05, 0) is 44.5 Å². The van der Waals surface area contributed by atoms with E-state index in [9.17, 15) is 34.8 Å². The van der Waals surface area contributed by atoms with Gasteiger partial charge in [0.25, 0.3) is 5.91 Å². The molecule has 0 spiro atoms. The summed E-state index contributed by atoms with van der Waals surface area (Å²) >= 11 is 6.05. The number of carbonyl (C=O) groups is 3. The van der Waals surface area contributed by atoms with Crippen LogP contribution in [-0.2, 0) is 16.0 Å². The SMILES string of the molecule is CN(C)[C@@H]1C(O)=C(C(N)=O)C(=O)[C@@]2(O)C(O)=C3C(=O)c4c(cc(Cl)c(N)c4O)CC3CC12.Cl. The fraction of sp³-hybridized carbons (Fsp3) is 0.381. The van der Waals surface area contributed by atoms with Gasteiger partial charge in [-0.2, -0.15) is 0 Å². The number of hydrogen-bond acceptors (Lipinski definition) is 9. The summed E-state index contributed by atoms with van der Waals surface area (Å²) in [4.78, 5) is 39.8. The number of likely N-dealkylation sites (N-methyl/N-ethyl adjacent to an activating group) is 1. The first-order valence-corrected chi connectivity index (χ1v) is 10.2. The number of fused-ring (bicyclic) bond motifs is 3. The number of allylic oxidation sites excluding steroid dienone is 1. The monoisotopic (exact) mass is 499 g/mol. The van der Waals surface area contributed by atoms with Crippen molar-refractivity contribution >= 4 is 47.2 Å². The molecule has 0 aromatic heterocycles. The summed E-state index contributed by atoms with van der Waals surface area (Å²) in [5.41, 5.74) is 7.26. The van der Waals surface area contributed by atoms with Crippen LogP contribution >= 0.6 is 24.0 Å². The topological polar surface area (TPSA) is 187 Å². The van der Waals surface area contributed by atoms with Crippen LogP contribution in [0.1, 0.15) is 22.3 Å². The Kier molecular flexibility index (Phi) is 5.96. The summed E-state index contributed by atoms with van der Waals surface area (Å²) in [5, 5.41) is 43.7. The van der Waals surface area contributed by atoms with E-state index in [1.165, 1.54) is 11.0 Å². The molecule has 33 heavy (non-hydrogen) atoms. The number of phenols is 1. The minimum atomic E-state index is -2.67. The van der Waals surface area contributed by atoms with Crippen LogP contribution in [0.2, 0.25) is 5.02 Å². The summed E-state index contributed by atoms with van der Waals surface area (Å²) in [6.07, 6.45) is 0.163. The van der Waals surface area contributed by atoms with Gasteiger partial charge in [-0.25, -0.2) is 0 Å². The molecule has 2 unspecified atom stereocenters. The highest BCUT2D eigenvalue weighted by atomic mass is 35.5. The maximum atomic E-state index is 13.3. The quantitative estimate of drug-likeness (QED) is 0.194. The molecule has 0 saturated carbocycles. The van der Waals surface area contributed by atoms with Gasteiger partial charge in [-0.1, -0.05) is 11.6 Å². The summed E-state index contributed by atoms with van der Waals surface area (Å²) in [6, 6.07) is 0.417. The van der Waals surface area contributed by atoms with E-state index < -0.39 is 63.8 Å². The average molecular weight is 500 g/mol. The number of Topliss-reactive ketones (excluding diaryl/α,β-unsaturated/α-hetero) is 2. The predicted molar refractivity (Wildman–Crippen MR) is 120 cm³/mol. The number of phenolic OH excluding ortho intramolecular Hbond substituents is 1. The molecule has 1 aromatic carbocycles. The second-order valence-electron chi connectivity index (χ2n) is 8.62. The number of aliphatic hydroxyl groups is 3. The Bertz CT molecular complexity index is 1180. The molecule has 178 valence electrons. The lowest BCUT2D eigenvalue weighted by molar-refractivity contribution is -0.148. The summed E-state index contributed by atoms with van der Waals surface area (Å²) < 4.78 is 0. The molecule has 4 atom stereocenters. The zero-order valence-corrected chi connectivity index (χ0v) is 19.2. The van der Waals surface area contributed by atoms with Crippen LogP contribution in [0.3, 0.4) is 0 Å². The Balaban J connectivity index is 0.00000306. The van der Waals surface area contributed by atoms with Gasteiger partial charge >= 0.3 is 0 Å². The van der Waals surface area contributed by atoms with Gasteiger partial charge in [0.15, 0.2) is 17.1 Å². The van der Waals surface area contributed by atoms with Crippen molar-refractivity contribution in [3.63, 3.8) is 0 Å². The van der Waals surface area contributed by atoms with Gasteiger partial charge in [0.2, 0.25) is 5.78 Å². The number of ketones is 2. The normalized spacial score (nSPS) is 28.8. The minimum absolute atomic E-state index is 0. The van der Waals surface area contributed by atoms with Crippen molar-refractivity contribution in [3.05, 3.63) is 44.9 Å². The lowest BCUT2D eigenvalue weighted by atomic mass is 9.58. The van der Waals surface area contributed by atoms with E-state index in [0.29, 0.717) is 5.56 Å². The van der Waals surface area contributed by atoms with Crippen molar-refractivity contribution in [2.45, 2.75) is 24.5 Å². The maximum Gasteiger partial charge on any atom is 0.255 e. The van der Waals surface area contributed by atoms with E-state index in [2.05, 4.69) is 0 Å². The van der Waals surface area contributed by atoms with Crippen LogP contribution in [0, 0.1) is 11.8 Å². The first-order chi connectivity index (χ1) is 14.8. The highest BCUT2D eigenvalue weighted by Gasteiger charge is 2.63. The van der Waals surface area contributed by atoms with Gasteiger partial charge in [-0.3, -0.25) is 19.3 Å². The molecule has 10 nitrogen and oxygen atoms in total. The van der Waals surface area contributed by atoms with Gasteiger partial charge in [0.1, 0.15) is 17.1 Å². The van der Waals surface area contributed by atoms with Crippen LogP contribution in [0.5, 0.6) is 5.75 Å². The first-order valence-electron chi connectivity index (χ1n) is 9.78. The minimum Gasteiger partial charge on any atom is -0.510 e. The second kappa shape index (κ2) is 7.91. The van der Waals surface area contributed by atoms with Gasteiger partial charge in [0, 0.05) is 11.5 Å². The molecule has 1 aromatic rings. The van der Waals surface area contributed by atoms with E-state index in [4.69, 9.17) is 23.1 Å². The van der Waals surface area contributed by atoms with E-state index in [-0.39, 0.29) is 47.1 Å². The smallest absolute Gasteiger partial charge is 0.255 e. The van der Waals surface area contributed by atoms with Gasteiger partial charge < -0.3 is 31.9 Å². The van der Waals surface area contributed by atoms with Crippen LogP contribution in [0.25, 0.3) is 0 Å². The number of rotatable bonds is 2. The molecule has 12 heteroatoms. The largest absolute Gasteiger partial charge is 0.510 e. The highest BCUT2D eigenvalue weighted by molar-refractivity contribution is 6.34. The number of amides is 1. The third-order valence-corrected chi connectivity index (χ3v) is 7.01. The first kappa shape index (κ1) is 24.8. The fourth-order valence-corrected chi connectivity index (χ4v) is 5.51. The van der Waals surface area contributed by atoms with Crippen LogP contribution in [-0.4, -0.2) is 68.5 Å². The number of nitrogens with zero attached hydrogens (tertiary/aromatic N) is 1. The van der Waals surface area contributed by atoms with Crippen molar-refractivity contribution in [2.24, 2.45) is 17.6 Å². The molecule has 3 aliphatic carbocycles. The maximum absolute atomic E-state index is 13.3. The lowest BCUT2D eigenvalue weighted by Gasteiger charge is -2.50. The number of benzene rings is 1. The fourth-order valence-electron chi connectivity index (χ4n) is 5.29. The number of hydrogen-bond donors (Lipinski definition) is 6. The third-order valence-electron chi connectivity index (χ3n) is 6.70. The molecule has 0 saturated heterocycles. The van der Waals surface area contributed by atoms with Crippen molar-refractivity contribution in [1.29, 1.82) is 0 Å². The number of nitrogens with two attached hydrogens (primary N) is 2. The summed E-state index contributed by atoms with van der Waals surface area (Å²) in [5.74, 6) is -7.19. The Morgan fingerprint density at radius 3 is 2.39 bits per heavy atom. The molecule has 0 aliphatic heterocycles. The molecule has 0 bridgehead atoms. The van der Waals surface area contributed by atoms with Crippen molar-refractivity contribution in [3.8, 4) is 5.75 Å². The van der Waals surface area contributed by atoms with Crippen molar-refractivity contribution < 1.29 is 34.8 Å². The number of aromatic hydroxyl groups is 1. The van der Waals surface area contributed by atoms with Crippen molar-refractivity contribution in [2.75, 3.05) is 19.8 Å². The van der Waals surface area contributed by atoms with E-state index in [0.717, 1.165) is 0 Å². The molecule has 8 N–H and O–H groups in total. The average Bonchev–Trinajstić information content (AvgIpc) is 2.68. The highest BCUT2D eigenvalue weighted by Crippen LogP contribution is 2.53. The number of primary amides is 1. The van der Waals surface area contributed by atoms with E-state index >= 15 is 0 Å². The molecule has 1 amide bonds. The zero-order valence-electron chi connectivity index (χ0n) is 17.6. The summed E-state index contributed by atoms with van der Waals surface area (Å²) in [7, 11) is 3.13.